The molecule has 168 valence electrons. The maximum Gasteiger partial charge on any atom is 0.254 e. The SMILES string of the molecule is Cc1nc2cc(F)c(F)cc2nc1NC[C@@H]1CCCCN1C(=O)c1cccc2ccccc12. The highest BCUT2D eigenvalue weighted by Gasteiger charge is 2.28. The van der Waals surface area contributed by atoms with Crippen LogP contribution in [0.3, 0.4) is 0 Å². The molecule has 0 unspecified atom stereocenters. The van der Waals surface area contributed by atoms with Gasteiger partial charge < -0.3 is 10.2 Å². The van der Waals surface area contributed by atoms with Crippen molar-refractivity contribution in [1.29, 1.82) is 0 Å². The molecule has 7 heteroatoms. The fourth-order valence-corrected chi connectivity index (χ4v) is 4.57. The number of rotatable bonds is 4. The van der Waals surface area contributed by atoms with Crippen molar-refractivity contribution in [2.24, 2.45) is 0 Å². The van der Waals surface area contributed by atoms with E-state index in [0.29, 0.717) is 35.7 Å². The first kappa shape index (κ1) is 21.2. The molecule has 1 N–H and O–H groups in total. The zero-order valence-corrected chi connectivity index (χ0v) is 18.3. The van der Waals surface area contributed by atoms with Crippen LogP contribution in [0, 0.1) is 18.6 Å². The minimum Gasteiger partial charge on any atom is -0.366 e. The van der Waals surface area contributed by atoms with Crippen LogP contribution in [0.15, 0.2) is 54.6 Å². The van der Waals surface area contributed by atoms with E-state index in [9.17, 15) is 13.6 Å². The number of nitrogens with zero attached hydrogens (tertiary/aromatic N) is 3. The van der Waals surface area contributed by atoms with Gasteiger partial charge >= 0.3 is 0 Å². The number of amides is 1. The number of hydrogen-bond acceptors (Lipinski definition) is 4. The Morgan fingerprint density at radius 2 is 1.76 bits per heavy atom. The number of aromatic nitrogens is 2. The minimum atomic E-state index is -0.953. The maximum absolute atomic E-state index is 13.7. The largest absolute Gasteiger partial charge is 0.366 e. The third-order valence-corrected chi connectivity index (χ3v) is 6.29. The van der Waals surface area contributed by atoms with E-state index in [1.807, 2.05) is 47.4 Å². The van der Waals surface area contributed by atoms with Crippen LogP contribution in [0.1, 0.15) is 35.3 Å². The molecule has 1 amide bonds. The summed E-state index contributed by atoms with van der Waals surface area (Å²) >= 11 is 0. The van der Waals surface area contributed by atoms with E-state index in [1.165, 1.54) is 0 Å². The summed E-state index contributed by atoms with van der Waals surface area (Å²) in [7, 11) is 0. The molecular formula is C26H24F2N4O. The first-order valence-electron chi connectivity index (χ1n) is 11.2. The van der Waals surface area contributed by atoms with Gasteiger partial charge in [-0.25, -0.2) is 18.7 Å². The van der Waals surface area contributed by atoms with Crippen molar-refractivity contribution in [3.05, 3.63) is 77.5 Å². The second kappa shape index (κ2) is 8.73. The van der Waals surface area contributed by atoms with Gasteiger partial charge in [0.15, 0.2) is 11.6 Å². The van der Waals surface area contributed by atoms with Gasteiger partial charge in [-0.1, -0.05) is 36.4 Å². The predicted molar refractivity (Wildman–Crippen MR) is 125 cm³/mol. The molecule has 1 fully saturated rings. The molecule has 1 aliphatic rings. The summed E-state index contributed by atoms with van der Waals surface area (Å²) in [5.74, 6) is -1.36. The van der Waals surface area contributed by atoms with Crippen LogP contribution in [0.25, 0.3) is 21.8 Å². The first-order valence-corrected chi connectivity index (χ1v) is 11.2. The molecule has 33 heavy (non-hydrogen) atoms. The van der Waals surface area contributed by atoms with Gasteiger partial charge in [-0.15, -0.1) is 0 Å². The fraction of sp³-hybridized carbons (Fsp3) is 0.269. The van der Waals surface area contributed by atoms with Crippen LogP contribution < -0.4 is 5.32 Å². The number of carbonyl (C=O) groups is 1. The number of anilines is 1. The fourth-order valence-electron chi connectivity index (χ4n) is 4.57. The predicted octanol–water partition coefficient (Wildman–Crippen LogP) is 5.48. The van der Waals surface area contributed by atoms with Gasteiger partial charge in [0, 0.05) is 36.8 Å². The van der Waals surface area contributed by atoms with Crippen molar-refractivity contribution in [2.75, 3.05) is 18.4 Å². The highest BCUT2D eigenvalue weighted by Crippen LogP contribution is 2.25. The van der Waals surface area contributed by atoms with Crippen molar-refractivity contribution in [1.82, 2.24) is 14.9 Å². The van der Waals surface area contributed by atoms with Crippen molar-refractivity contribution >= 4 is 33.5 Å². The summed E-state index contributed by atoms with van der Waals surface area (Å²) in [6.45, 7) is 2.97. The van der Waals surface area contributed by atoms with Gasteiger partial charge in [-0.2, -0.15) is 0 Å². The summed E-state index contributed by atoms with van der Waals surface area (Å²) in [6, 6.07) is 15.8. The zero-order valence-electron chi connectivity index (χ0n) is 18.3. The van der Waals surface area contributed by atoms with Crippen molar-refractivity contribution < 1.29 is 13.6 Å². The highest BCUT2D eigenvalue weighted by molar-refractivity contribution is 6.07. The van der Waals surface area contributed by atoms with Crippen molar-refractivity contribution in [3.8, 4) is 0 Å². The Balaban J connectivity index is 1.39. The molecule has 1 aliphatic heterocycles. The van der Waals surface area contributed by atoms with E-state index in [0.717, 1.165) is 42.2 Å². The topological polar surface area (TPSA) is 58.1 Å². The lowest BCUT2D eigenvalue weighted by Gasteiger charge is -2.36. The summed E-state index contributed by atoms with van der Waals surface area (Å²) < 4.78 is 27.2. The highest BCUT2D eigenvalue weighted by atomic mass is 19.2. The molecule has 5 rings (SSSR count). The normalized spacial score (nSPS) is 16.3. The van der Waals surface area contributed by atoms with E-state index in [-0.39, 0.29) is 17.5 Å². The summed E-state index contributed by atoms with van der Waals surface area (Å²) in [4.78, 5) is 24.3. The van der Waals surface area contributed by atoms with Crippen LogP contribution in [0.2, 0.25) is 0 Å². The van der Waals surface area contributed by atoms with Gasteiger partial charge in [0.25, 0.3) is 5.91 Å². The van der Waals surface area contributed by atoms with Crippen LogP contribution in [-0.2, 0) is 0 Å². The molecule has 0 bridgehead atoms. The smallest absolute Gasteiger partial charge is 0.254 e. The molecule has 1 aromatic heterocycles. The number of likely N-dealkylation sites (tertiary alicyclic amines) is 1. The zero-order chi connectivity index (χ0) is 22.9. The van der Waals surface area contributed by atoms with Crippen LogP contribution in [0.4, 0.5) is 14.6 Å². The van der Waals surface area contributed by atoms with Gasteiger partial charge in [0.1, 0.15) is 5.82 Å². The number of piperidine rings is 1. The lowest BCUT2D eigenvalue weighted by molar-refractivity contribution is 0.0630. The number of halogens is 2. The lowest BCUT2D eigenvalue weighted by Crippen LogP contribution is -2.47. The Morgan fingerprint density at radius 3 is 2.58 bits per heavy atom. The molecule has 0 radical (unpaired) electrons. The molecular weight excluding hydrogens is 422 g/mol. The summed E-state index contributed by atoms with van der Waals surface area (Å²) in [5, 5.41) is 5.29. The number of carbonyl (C=O) groups excluding carboxylic acids is 1. The van der Waals surface area contributed by atoms with Crippen molar-refractivity contribution in [2.45, 2.75) is 32.2 Å². The molecule has 1 saturated heterocycles. The second-order valence-corrected chi connectivity index (χ2v) is 8.47. The number of benzene rings is 3. The Bertz CT molecular complexity index is 1350. The number of hydrogen-bond donors (Lipinski definition) is 1. The number of aryl methyl sites for hydroxylation is 1. The third-order valence-electron chi connectivity index (χ3n) is 6.29. The number of nitrogens with one attached hydrogen (secondary N) is 1. The second-order valence-electron chi connectivity index (χ2n) is 8.47. The van der Waals surface area contributed by atoms with Crippen LogP contribution in [0.5, 0.6) is 0 Å². The average Bonchev–Trinajstić information content (AvgIpc) is 2.83. The van der Waals surface area contributed by atoms with Crippen LogP contribution >= 0.6 is 0 Å². The van der Waals surface area contributed by atoms with E-state index >= 15 is 0 Å². The Hall–Kier alpha value is -3.61. The van der Waals surface area contributed by atoms with E-state index < -0.39 is 11.6 Å². The van der Waals surface area contributed by atoms with E-state index in [1.54, 1.807) is 6.92 Å². The van der Waals surface area contributed by atoms with Gasteiger partial charge in [-0.3, -0.25) is 4.79 Å². The lowest BCUT2D eigenvalue weighted by atomic mass is 9.98. The third kappa shape index (κ3) is 4.11. The molecule has 0 saturated carbocycles. The average molecular weight is 447 g/mol. The summed E-state index contributed by atoms with van der Waals surface area (Å²) in [6.07, 6.45) is 2.88. The van der Waals surface area contributed by atoms with E-state index in [4.69, 9.17) is 0 Å². The molecule has 5 nitrogen and oxygen atoms in total. The quantitative estimate of drug-likeness (QED) is 0.451. The molecule has 0 spiro atoms. The Morgan fingerprint density at radius 1 is 1.03 bits per heavy atom. The monoisotopic (exact) mass is 446 g/mol. The molecule has 0 aliphatic carbocycles. The van der Waals surface area contributed by atoms with Crippen molar-refractivity contribution in [3.63, 3.8) is 0 Å². The van der Waals surface area contributed by atoms with Gasteiger partial charge in [0.05, 0.1) is 16.7 Å². The molecule has 1 atom stereocenters. The molecule has 3 aromatic carbocycles. The maximum atomic E-state index is 13.7. The van der Waals surface area contributed by atoms with E-state index in [2.05, 4.69) is 15.3 Å². The Labute approximate surface area is 190 Å². The van der Waals surface area contributed by atoms with Gasteiger partial charge in [-0.05, 0) is 43.0 Å². The van der Waals surface area contributed by atoms with Crippen LogP contribution in [-0.4, -0.2) is 39.9 Å². The van der Waals surface area contributed by atoms with Gasteiger partial charge in [0.2, 0.25) is 0 Å². The summed E-state index contributed by atoms with van der Waals surface area (Å²) in [5.41, 5.74) is 1.90. The Kier molecular flexibility index (Phi) is 5.62. The first-order chi connectivity index (χ1) is 16.0. The standard InChI is InChI=1S/C26H24F2N4O/c1-16-25(31-24-14-22(28)21(27)13-23(24)30-16)29-15-18-9-4-5-12-32(18)26(33)20-11-6-8-17-7-2-3-10-19(17)20/h2-3,6-8,10-11,13-14,18H,4-5,9,12,15H2,1H3,(H,29,31)/t18-/m0/s1. The number of fused-ring (bicyclic) bond motifs is 2. The molecule has 4 aromatic rings. The molecule has 2 heterocycles. The minimum absolute atomic E-state index is 0.00734.